The zero-order valence-corrected chi connectivity index (χ0v) is 12.3. The fourth-order valence-corrected chi connectivity index (χ4v) is 2.38. The Labute approximate surface area is 124 Å². The highest BCUT2D eigenvalue weighted by Crippen LogP contribution is 2.29. The van der Waals surface area contributed by atoms with Crippen LogP contribution >= 0.6 is 11.6 Å². The van der Waals surface area contributed by atoms with Crippen LogP contribution in [-0.2, 0) is 9.53 Å². The Balaban J connectivity index is 1.61. The molecule has 0 heterocycles. The zero-order chi connectivity index (χ0) is 14.4. The fraction of sp³-hybridized carbons (Fsp3) is 0.533. The van der Waals surface area contributed by atoms with Crippen molar-refractivity contribution < 1.29 is 9.53 Å². The van der Waals surface area contributed by atoms with Crippen LogP contribution in [0.15, 0.2) is 18.2 Å². The van der Waals surface area contributed by atoms with Gasteiger partial charge in [-0.15, -0.1) is 0 Å². The normalized spacial score (nSPS) is 14.8. The van der Waals surface area contributed by atoms with E-state index in [1.54, 1.807) is 18.2 Å². The van der Waals surface area contributed by atoms with E-state index >= 15 is 0 Å². The van der Waals surface area contributed by atoms with E-state index < -0.39 is 0 Å². The van der Waals surface area contributed by atoms with Crippen LogP contribution in [0.5, 0.6) is 0 Å². The van der Waals surface area contributed by atoms with E-state index in [0.717, 1.165) is 18.9 Å². The quantitative estimate of drug-likeness (QED) is 0.598. The monoisotopic (exact) mass is 296 g/mol. The lowest BCUT2D eigenvalue weighted by Gasteiger charge is -2.24. The summed E-state index contributed by atoms with van der Waals surface area (Å²) in [6.07, 6.45) is 5.48. The molecule has 2 rings (SSSR count). The number of carbonyl (C=O) groups excluding carboxylic acids is 1. The molecule has 0 aliphatic heterocycles. The molecule has 0 saturated heterocycles. The van der Waals surface area contributed by atoms with Crippen molar-refractivity contribution in [3.05, 3.63) is 23.2 Å². The van der Waals surface area contributed by atoms with Crippen molar-refractivity contribution in [3.63, 3.8) is 0 Å². The third-order valence-corrected chi connectivity index (χ3v) is 3.95. The first-order valence-corrected chi connectivity index (χ1v) is 7.45. The fourth-order valence-electron chi connectivity index (χ4n) is 2.14. The minimum atomic E-state index is -0.0969. The molecule has 0 radical (unpaired) electrons. The number of carbonyl (C=O) groups is 1. The van der Waals surface area contributed by atoms with Gasteiger partial charge in [-0.05, 0) is 30.5 Å². The summed E-state index contributed by atoms with van der Waals surface area (Å²) in [5.74, 6) is 0.748. The van der Waals surface area contributed by atoms with Gasteiger partial charge in [0.05, 0.1) is 23.7 Å². The summed E-state index contributed by atoms with van der Waals surface area (Å²) < 4.78 is 5.48. The molecule has 1 aromatic rings. The summed E-state index contributed by atoms with van der Waals surface area (Å²) >= 11 is 5.99. The van der Waals surface area contributed by atoms with Crippen molar-refractivity contribution in [2.24, 2.45) is 5.92 Å². The second-order valence-corrected chi connectivity index (χ2v) is 5.64. The number of halogens is 1. The van der Waals surface area contributed by atoms with Gasteiger partial charge in [0.15, 0.2) is 0 Å². The number of nitrogens with two attached hydrogens (primary N) is 1. The Morgan fingerprint density at radius 1 is 1.40 bits per heavy atom. The Kier molecular flexibility index (Phi) is 5.68. The number of benzene rings is 1. The standard InChI is InChI=1S/C15H21ClN2O2/c16-13-10-12(17)4-5-14(13)18-15(19)7-9-20-8-6-11-2-1-3-11/h4-5,10-11H,1-3,6-9,17H2,(H,18,19). The van der Waals surface area contributed by atoms with E-state index in [4.69, 9.17) is 22.1 Å². The summed E-state index contributed by atoms with van der Waals surface area (Å²) in [6.45, 7) is 1.20. The number of anilines is 2. The first-order valence-electron chi connectivity index (χ1n) is 7.08. The van der Waals surface area contributed by atoms with Gasteiger partial charge < -0.3 is 15.8 Å². The van der Waals surface area contributed by atoms with Crippen molar-refractivity contribution in [2.75, 3.05) is 24.3 Å². The first kappa shape index (κ1) is 15.1. The summed E-state index contributed by atoms with van der Waals surface area (Å²) in [6, 6.07) is 5.02. The van der Waals surface area contributed by atoms with Gasteiger partial charge in [-0.25, -0.2) is 0 Å². The van der Waals surface area contributed by atoms with Gasteiger partial charge in [-0.1, -0.05) is 30.9 Å². The van der Waals surface area contributed by atoms with E-state index in [-0.39, 0.29) is 5.91 Å². The van der Waals surface area contributed by atoms with Gasteiger partial charge in [0.25, 0.3) is 0 Å². The Bertz CT molecular complexity index is 461. The minimum Gasteiger partial charge on any atom is -0.399 e. The molecule has 1 saturated carbocycles. The molecular weight excluding hydrogens is 276 g/mol. The Morgan fingerprint density at radius 3 is 2.85 bits per heavy atom. The predicted molar refractivity (Wildman–Crippen MR) is 81.9 cm³/mol. The predicted octanol–water partition coefficient (Wildman–Crippen LogP) is 3.46. The van der Waals surface area contributed by atoms with Crippen LogP contribution in [-0.4, -0.2) is 19.1 Å². The lowest BCUT2D eigenvalue weighted by Crippen LogP contribution is -2.16. The zero-order valence-electron chi connectivity index (χ0n) is 11.5. The molecule has 1 aliphatic carbocycles. The summed E-state index contributed by atoms with van der Waals surface area (Å²) in [5, 5.41) is 3.20. The Hall–Kier alpha value is -1.26. The van der Waals surface area contributed by atoms with Crippen molar-refractivity contribution in [1.82, 2.24) is 0 Å². The van der Waals surface area contributed by atoms with Crippen molar-refractivity contribution in [1.29, 1.82) is 0 Å². The van der Waals surface area contributed by atoms with Gasteiger partial charge in [-0.3, -0.25) is 4.79 Å². The SMILES string of the molecule is Nc1ccc(NC(=O)CCOCCC2CCC2)c(Cl)c1. The lowest BCUT2D eigenvalue weighted by atomic mass is 9.83. The van der Waals surface area contributed by atoms with E-state index in [9.17, 15) is 4.79 Å². The number of ether oxygens (including phenoxy) is 1. The summed E-state index contributed by atoms with van der Waals surface area (Å²) in [5.41, 5.74) is 6.76. The molecule has 0 aromatic heterocycles. The smallest absolute Gasteiger partial charge is 0.226 e. The molecule has 0 bridgehead atoms. The molecule has 0 unspecified atom stereocenters. The maximum absolute atomic E-state index is 11.7. The van der Waals surface area contributed by atoms with Crippen LogP contribution in [0, 0.1) is 5.92 Å². The van der Waals surface area contributed by atoms with Gasteiger partial charge >= 0.3 is 0 Å². The van der Waals surface area contributed by atoms with Crippen LogP contribution in [0.25, 0.3) is 0 Å². The Morgan fingerprint density at radius 2 is 2.20 bits per heavy atom. The van der Waals surface area contributed by atoms with Crippen molar-refractivity contribution in [2.45, 2.75) is 32.1 Å². The molecule has 1 amide bonds. The van der Waals surface area contributed by atoms with Crippen molar-refractivity contribution >= 4 is 28.9 Å². The third kappa shape index (κ3) is 4.69. The molecule has 0 spiro atoms. The second kappa shape index (κ2) is 7.50. The molecule has 20 heavy (non-hydrogen) atoms. The van der Waals surface area contributed by atoms with Crippen LogP contribution in [0.2, 0.25) is 5.02 Å². The van der Waals surface area contributed by atoms with E-state index in [0.29, 0.717) is 29.4 Å². The van der Waals surface area contributed by atoms with Gasteiger partial charge in [-0.2, -0.15) is 0 Å². The van der Waals surface area contributed by atoms with E-state index in [1.165, 1.54) is 19.3 Å². The first-order chi connectivity index (χ1) is 9.65. The maximum Gasteiger partial charge on any atom is 0.226 e. The number of nitrogens with one attached hydrogen (secondary N) is 1. The second-order valence-electron chi connectivity index (χ2n) is 5.24. The van der Waals surface area contributed by atoms with Crippen LogP contribution in [0.4, 0.5) is 11.4 Å². The summed E-state index contributed by atoms with van der Waals surface area (Å²) in [4.78, 5) is 11.7. The number of hydrogen-bond acceptors (Lipinski definition) is 3. The number of amides is 1. The van der Waals surface area contributed by atoms with Crippen LogP contribution < -0.4 is 11.1 Å². The minimum absolute atomic E-state index is 0.0969. The summed E-state index contributed by atoms with van der Waals surface area (Å²) in [7, 11) is 0. The average molecular weight is 297 g/mol. The highest BCUT2D eigenvalue weighted by Gasteiger charge is 2.16. The van der Waals surface area contributed by atoms with E-state index in [1.807, 2.05) is 0 Å². The topological polar surface area (TPSA) is 64.3 Å². The maximum atomic E-state index is 11.7. The molecule has 4 nitrogen and oxygen atoms in total. The highest BCUT2D eigenvalue weighted by molar-refractivity contribution is 6.34. The van der Waals surface area contributed by atoms with Crippen LogP contribution in [0.1, 0.15) is 32.1 Å². The largest absolute Gasteiger partial charge is 0.399 e. The van der Waals surface area contributed by atoms with Gasteiger partial charge in [0.2, 0.25) is 5.91 Å². The van der Waals surface area contributed by atoms with E-state index in [2.05, 4.69) is 5.32 Å². The van der Waals surface area contributed by atoms with Crippen LogP contribution in [0.3, 0.4) is 0 Å². The number of rotatable bonds is 7. The number of hydrogen-bond donors (Lipinski definition) is 2. The van der Waals surface area contributed by atoms with Gasteiger partial charge in [0, 0.05) is 12.3 Å². The molecular formula is C15H21ClN2O2. The van der Waals surface area contributed by atoms with Crippen molar-refractivity contribution in [3.8, 4) is 0 Å². The molecule has 110 valence electrons. The number of nitrogen functional groups attached to an aromatic ring is 1. The molecule has 1 aromatic carbocycles. The highest BCUT2D eigenvalue weighted by atomic mass is 35.5. The molecule has 1 fully saturated rings. The molecule has 5 heteroatoms. The average Bonchev–Trinajstić information content (AvgIpc) is 2.35. The lowest BCUT2D eigenvalue weighted by molar-refractivity contribution is -0.117. The third-order valence-electron chi connectivity index (χ3n) is 3.64. The molecule has 0 atom stereocenters. The van der Waals surface area contributed by atoms with Gasteiger partial charge in [0.1, 0.15) is 0 Å². The molecule has 3 N–H and O–H groups in total. The molecule has 1 aliphatic rings.